The average molecular weight is 165 g/mol. The van der Waals surface area contributed by atoms with Crippen LogP contribution in [0, 0.1) is 17.3 Å². The maximum absolute atomic E-state index is 3.54. The van der Waals surface area contributed by atoms with Gasteiger partial charge < -0.3 is 5.32 Å². The van der Waals surface area contributed by atoms with Crippen molar-refractivity contribution < 1.29 is 0 Å². The van der Waals surface area contributed by atoms with Crippen molar-refractivity contribution in [1.82, 2.24) is 5.32 Å². The largest absolute Gasteiger partial charge is 0.310 e. The second-order valence-electron chi connectivity index (χ2n) is 5.32. The summed E-state index contributed by atoms with van der Waals surface area (Å²) < 4.78 is 0. The van der Waals surface area contributed by atoms with Crippen LogP contribution in [0.15, 0.2) is 12.2 Å². The summed E-state index contributed by atoms with van der Waals surface area (Å²) in [7, 11) is 0. The Labute approximate surface area is 75.2 Å². The van der Waals surface area contributed by atoms with Crippen LogP contribution < -0.4 is 5.32 Å². The summed E-state index contributed by atoms with van der Waals surface area (Å²) >= 11 is 0. The number of hydrogen-bond acceptors (Lipinski definition) is 1. The van der Waals surface area contributed by atoms with Crippen molar-refractivity contribution in [2.24, 2.45) is 17.3 Å². The quantitative estimate of drug-likeness (QED) is 0.587. The molecule has 0 aromatic heterocycles. The normalized spacial score (nSPS) is 40.4. The first-order valence-corrected chi connectivity index (χ1v) is 4.99. The maximum atomic E-state index is 3.54. The molecule has 12 heavy (non-hydrogen) atoms. The molecule has 0 bridgehead atoms. The van der Waals surface area contributed by atoms with Crippen LogP contribution in [0.1, 0.15) is 27.2 Å². The van der Waals surface area contributed by atoms with Crippen molar-refractivity contribution in [1.29, 1.82) is 0 Å². The van der Waals surface area contributed by atoms with Crippen molar-refractivity contribution in [2.75, 3.05) is 6.54 Å². The highest BCUT2D eigenvalue weighted by atomic mass is 15.0. The van der Waals surface area contributed by atoms with Gasteiger partial charge in [-0.2, -0.15) is 0 Å². The van der Waals surface area contributed by atoms with Gasteiger partial charge in [0, 0.05) is 6.04 Å². The third-order valence-corrected chi connectivity index (χ3v) is 2.86. The average Bonchev–Trinajstić information content (AvgIpc) is 2.60. The zero-order valence-corrected chi connectivity index (χ0v) is 8.30. The molecule has 3 unspecified atom stereocenters. The van der Waals surface area contributed by atoms with Gasteiger partial charge in [0.25, 0.3) is 0 Å². The Morgan fingerprint density at radius 3 is 2.50 bits per heavy atom. The van der Waals surface area contributed by atoms with Crippen molar-refractivity contribution >= 4 is 0 Å². The van der Waals surface area contributed by atoms with E-state index in [2.05, 4.69) is 38.2 Å². The van der Waals surface area contributed by atoms with Gasteiger partial charge in [-0.25, -0.2) is 0 Å². The van der Waals surface area contributed by atoms with Gasteiger partial charge in [-0.15, -0.1) is 0 Å². The first-order chi connectivity index (χ1) is 5.56. The van der Waals surface area contributed by atoms with Gasteiger partial charge in [0.2, 0.25) is 0 Å². The van der Waals surface area contributed by atoms with E-state index in [9.17, 15) is 0 Å². The highest BCUT2D eigenvalue weighted by Crippen LogP contribution is 2.45. The highest BCUT2D eigenvalue weighted by Gasteiger charge is 2.46. The standard InChI is InChI=1S/C11H19N/c1-11(2,3)5-4-10-9-6-8(9)7-12-10/h4-5,8-10,12H,6-7H2,1-3H3/b5-4+. The first-order valence-electron chi connectivity index (χ1n) is 4.99. The van der Waals surface area contributed by atoms with Crippen molar-refractivity contribution in [3.8, 4) is 0 Å². The fourth-order valence-electron chi connectivity index (χ4n) is 1.99. The molecule has 1 saturated heterocycles. The van der Waals surface area contributed by atoms with Crippen molar-refractivity contribution in [3.63, 3.8) is 0 Å². The van der Waals surface area contributed by atoms with Crippen LogP contribution in [-0.2, 0) is 0 Å². The molecule has 1 aliphatic carbocycles. The lowest BCUT2D eigenvalue weighted by Crippen LogP contribution is -2.24. The van der Waals surface area contributed by atoms with Gasteiger partial charge in [-0.1, -0.05) is 32.9 Å². The zero-order valence-electron chi connectivity index (χ0n) is 8.30. The van der Waals surface area contributed by atoms with Crippen LogP contribution in [0.25, 0.3) is 0 Å². The molecule has 0 aromatic rings. The van der Waals surface area contributed by atoms with Gasteiger partial charge in [0.05, 0.1) is 0 Å². The Morgan fingerprint density at radius 1 is 1.33 bits per heavy atom. The molecule has 1 saturated carbocycles. The summed E-state index contributed by atoms with van der Waals surface area (Å²) in [5.41, 5.74) is 0.342. The van der Waals surface area contributed by atoms with Gasteiger partial charge in [-0.05, 0) is 30.2 Å². The molecule has 2 rings (SSSR count). The molecule has 1 nitrogen and oxygen atoms in total. The molecule has 0 aromatic carbocycles. The molecule has 2 fully saturated rings. The second-order valence-corrected chi connectivity index (χ2v) is 5.32. The topological polar surface area (TPSA) is 12.0 Å². The molecular weight excluding hydrogens is 146 g/mol. The lowest BCUT2D eigenvalue weighted by molar-refractivity contribution is 0.533. The number of piperidine rings is 1. The molecule has 3 atom stereocenters. The van der Waals surface area contributed by atoms with E-state index in [1.165, 1.54) is 13.0 Å². The Hall–Kier alpha value is -0.300. The molecule has 0 amide bonds. The molecule has 1 heterocycles. The third-order valence-electron chi connectivity index (χ3n) is 2.86. The summed E-state index contributed by atoms with van der Waals surface area (Å²) in [6.45, 7) is 8.01. The van der Waals surface area contributed by atoms with Crippen LogP contribution in [0.3, 0.4) is 0 Å². The molecule has 2 aliphatic rings. The summed E-state index contributed by atoms with van der Waals surface area (Å²) in [4.78, 5) is 0. The zero-order chi connectivity index (χ0) is 8.77. The van der Waals surface area contributed by atoms with E-state index in [1.54, 1.807) is 0 Å². The van der Waals surface area contributed by atoms with Crippen LogP contribution in [0.5, 0.6) is 0 Å². The van der Waals surface area contributed by atoms with E-state index in [1.807, 2.05) is 0 Å². The number of nitrogens with one attached hydrogen (secondary N) is 1. The van der Waals surface area contributed by atoms with E-state index in [-0.39, 0.29) is 0 Å². The van der Waals surface area contributed by atoms with Gasteiger partial charge in [-0.3, -0.25) is 0 Å². The Balaban J connectivity index is 1.90. The Morgan fingerprint density at radius 2 is 2.08 bits per heavy atom. The fourth-order valence-corrected chi connectivity index (χ4v) is 1.99. The minimum atomic E-state index is 0.342. The van der Waals surface area contributed by atoms with E-state index < -0.39 is 0 Å². The van der Waals surface area contributed by atoms with Crippen LogP contribution >= 0.6 is 0 Å². The minimum absolute atomic E-state index is 0.342. The molecule has 0 spiro atoms. The lowest BCUT2D eigenvalue weighted by Gasteiger charge is -2.14. The van der Waals surface area contributed by atoms with Crippen molar-refractivity contribution in [3.05, 3.63) is 12.2 Å². The van der Waals surface area contributed by atoms with E-state index in [4.69, 9.17) is 0 Å². The molecule has 1 N–H and O–H groups in total. The maximum Gasteiger partial charge on any atom is 0.0281 e. The van der Waals surface area contributed by atoms with Crippen LogP contribution in [-0.4, -0.2) is 12.6 Å². The summed E-state index contributed by atoms with van der Waals surface area (Å²) in [5, 5.41) is 3.54. The highest BCUT2D eigenvalue weighted by molar-refractivity contribution is 5.12. The van der Waals surface area contributed by atoms with Crippen LogP contribution in [0.2, 0.25) is 0 Å². The smallest absolute Gasteiger partial charge is 0.0281 e. The van der Waals surface area contributed by atoms with Gasteiger partial charge in [0.15, 0.2) is 0 Å². The summed E-state index contributed by atoms with van der Waals surface area (Å²) in [5.74, 6) is 1.99. The Kier molecular flexibility index (Phi) is 1.80. The SMILES string of the molecule is CC(C)(C)/C=C/C1NCC2CC21. The number of fused-ring (bicyclic) bond motifs is 1. The van der Waals surface area contributed by atoms with Crippen molar-refractivity contribution in [2.45, 2.75) is 33.2 Å². The fraction of sp³-hybridized carbons (Fsp3) is 0.818. The molecule has 0 radical (unpaired) electrons. The summed E-state index contributed by atoms with van der Waals surface area (Å²) in [6.07, 6.45) is 6.18. The van der Waals surface area contributed by atoms with Gasteiger partial charge in [0.1, 0.15) is 0 Å². The Bertz CT molecular complexity index is 200. The summed E-state index contributed by atoms with van der Waals surface area (Å²) in [6, 6.07) is 0.689. The number of allylic oxidation sites excluding steroid dienone is 1. The monoisotopic (exact) mass is 165 g/mol. The van der Waals surface area contributed by atoms with E-state index >= 15 is 0 Å². The number of hydrogen-bond donors (Lipinski definition) is 1. The predicted molar refractivity (Wildman–Crippen MR) is 52.0 cm³/mol. The number of rotatable bonds is 1. The predicted octanol–water partition coefficient (Wildman–Crippen LogP) is 2.20. The first kappa shape index (κ1) is 8.31. The molecule has 68 valence electrons. The lowest BCUT2D eigenvalue weighted by atomic mass is 9.95. The van der Waals surface area contributed by atoms with Gasteiger partial charge >= 0.3 is 0 Å². The van der Waals surface area contributed by atoms with Crippen LogP contribution in [0.4, 0.5) is 0 Å². The molecular formula is C11H19N. The molecule has 1 aliphatic heterocycles. The minimum Gasteiger partial charge on any atom is -0.310 e. The van der Waals surface area contributed by atoms with E-state index in [0.717, 1.165) is 11.8 Å². The second kappa shape index (κ2) is 2.59. The molecule has 1 heteroatoms. The van der Waals surface area contributed by atoms with E-state index in [0.29, 0.717) is 11.5 Å². The third kappa shape index (κ3) is 1.71.